The first kappa shape index (κ1) is 40.1. The molecular formula is C40H56F3NO5. The number of aryl methyl sites for hydroxylation is 2. The highest BCUT2D eigenvalue weighted by molar-refractivity contribution is 5.82. The number of fused-ring (bicyclic) bond motifs is 1. The summed E-state index contributed by atoms with van der Waals surface area (Å²) >= 11 is 0. The van der Waals surface area contributed by atoms with Crippen LogP contribution in [0, 0.1) is 16.7 Å². The summed E-state index contributed by atoms with van der Waals surface area (Å²) in [4.78, 5) is 38.7. The van der Waals surface area contributed by atoms with Gasteiger partial charge in [-0.3, -0.25) is 9.59 Å². The minimum atomic E-state index is -4.66. The Labute approximate surface area is 289 Å². The van der Waals surface area contributed by atoms with Crippen LogP contribution >= 0.6 is 0 Å². The monoisotopic (exact) mass is 687 g/mol. The van der Waals surface area contributed by atoms with Crippen LogP contribution in [0.3, 0.4) is 0 Å². The van der Waals surface area contributed by atoms with E-state index in [1.165, 1.54) is 16.7 Å². The molecule has 1 aromatic carbocycles. The van der Waals surface area contributed by atoms with E-state index in [9.17, 15) is 27.6 Å². The second kappa shape index (κ2) is 17.5. The lowest BCUT2D eigenvalue weighted by Gasteiger charge is -2.34. The lowest BCUT2D eigenvalue weighted by molar-refractivity contribution is -0.157. The lowest BCUT2D eigenvalue weighted by atomic mass is 9.72. The number of esters is 1. The van der Waals surface area contributed by atoms with E-state index >= 15 is 0 Å². The molecule has 0 N–H and O–H groups in total. The highest BCUT2D eigenvalue weighted by atomic mass is 19.4. The molecule has 272 valence electrons. The van der Waals surface area contributed by atoms with Gasteiger partial charge in [-0.1, -0.05) is 91.7 Å². The highest BCUT2D eigenvalue weighted by Crippen LogP contribution is 2.38. The molecule has 0 aliphatic rings. The number of ether oxygens (including phenoxy) is 1. The Hall–Kier alpha value is -3.36. The fraction of sp³-hybridized carbons (Fsp3) is 0.625. The third-order valence-electron chi connectivity index (χ3n) is 9.57. The molecule has 2 heterocycles. The summed E-state index contributed by atoms with van der Waals surface area (Å²) in [5, 5.41) is 0.282. The van der Waals surface area contributed by atoms with E-state index in [0.29, 0.717) is 25.1 Å². The van der Waals surface area contributed by atoms with Gasteiger partial charge in [0, 0.05) is 23.7 Å². The lowest BCUT2D eigenvalue weighted by Crippen LogP contribution is -2.35. The molecule has 0 aliphatic heterocycles. The molecule has 0 saturated carbocycles. The van der Waals surface area contributed by atoms with Gasteiger partial charge in [-0.25, -0.2) is 4.79 Å². The minimum Gasteiger partial charge on any atom is -0.465 e. The van der Waals surface area contributed by atoms with Crippen LogP contribution in [0.25, 0.3) is 22.1 Å². The Balaban J connectivity index is 1.49. The molecule has 9 heteroatoms. The number of nitrogens with zero attached hydrogens (tertiary/aromatic N) is 1. The Morgan fingerprint density at radius 1 is 0.857 bits per heavy atom. The number of benzene rings is 1. The molecule has 1 unspecified atom stereocenters. The second-order valence-corrected chi connectivity index (χ2v) is 15.4. The van der Waals surface area contributed by atoms with Crippen LogP contribution in [0.15, 0.2) is 50.5 Å². The van der Waals surface area contributed by atoms with E-state index in [1.807, 2.05) is 20.8 Å². The van der Waals surface area contributed by atoms with E-state index in [1.54, 1.807) is 18.3 Å². The van der Waals surface area contributed by atoms with Gasteiger partial charge in [-0.2, -0.15) is 13.2 Å². The van der Waals surface area contributed by atoms with E-state index in [-0.39, 0.29) is 39.4 Å². The average molecular weight is 688 g/mol. The van der Waals surface area contributed by atoms with Crippen LogP contribution in [0.2, 0.25) is 0 Å². The molecule has 0 spiro atoms. The van der Waals surface area contributed by atoms with Gasteiger partial charge in [0.15, 0.2) is 0 Å². The Bertz CT molecular complexity index is 1640. The van der Waals surface area contributed by atoms with Crippen molar-refractivity contribution < 1.29 is 27.1 Å². The van der Waals surface area contributed by atoms with Gasteiger partial charge in [-0.05, 0) is 81.0 Å². The molecule has 0 radical (unpaired) electrons. The number of halogens is 3. The van der Waals surface area contributed by atoms with Gasteiger partial charge in [-0.15, -0.1) is 0 Å². The van der Waals surface area contributed by atoms with E-state index in [2.05, 4.69) is 27.7 Å². The number of pyridine rings is 1. The summed E-state index contributed by atoms with van der Waals surface area (Å²) < 4.78 is 54.6. The van der Waals surface area contributed by atoms with Crippen molar-refractivity contribution in [1.82, 2.24) is 4.57 Å². The van der Waals surface area contributed by atoms with Crippen molar-refractivity contribution in [3.63, 3.8) is 0 Å². The third-order valence-corrected chi connectivity index (χ3v) is 9.57. The number of aromatic nitrogens is 1. The topological polar surface area (TPSA) is 78.5 Å². The smallest absolute Gasteiger partial charge is 0.417 e. The number of carbonyl (C=O) groups is 1. The maximum absolute atomic E-state index is 14.1. The maximum Gasteiger partial charge on any atom is 0.417 e. The molecule has 3 aromatic rings. The SMILES string of the molecule is CCCCCc1ccc(-c2cc3ccn(CCCCCCCCCOC(=O)C(C)(C)C(C)CC(C)(C)C)c(=O)c3oc2=O)c(C(F)(F)F)c1. The summed E-state index contributed by atoms with van der Waals surface area (Å²) in [6.45, 7) is 15.5. The van der Waals surface area contributed by atoms with Crippen LogP contribution < -0.4 is 11.2 Å². The first-order valence-electron chi connectivity index (χ1n) is 18.0. The van der Waals surface area contributed by atoms with Gasteiger partial charge in [0.2, 0.25) is 5.58 Å². The first-order valence-corrected chi connectivity index (χ1v) is 18.0. The molecule has 2 aromatic heterocycles. The molecular weight excluding hydrogens is 631 g/mol. The van der Waals surface area contributed by atoms with Crippen LogP contribution in [0.5, 0.6) is 0 Å². The predicted molar refractivity (Wildman–Crippen MR) is 191 cm³/mol. The second-order valence-electron chi connectivity index (χ2n) is 15.4. The summed E-state index contributed by atoms with van der Waals surface area (Å²) in [5.74, 6) is 0.0895. The zero-order valence-electron chi connectivity index (χ0n) is 30.6. The fourth-order valence-electron chi connectivity index (χ4n) is 6.30. The van der Waals surface area contributed by atoms with Gasteiger partial charge < -0.3 is 13.7 Å². The van der Waals surface area contributed by atoms with Crippen molar-refractivity contribution in [3.05, 3.63) is 68.4 Å². The van der Waals surface area contributed by atoms with Crippen molar-refractivity contribution in [2.45, 2.75) is 138 Å². The quantitative estimate of drug-likeness (QED) is 0.0982. The number of alkyl halides is 3. The molecule has 0 bridgehead atoms. The number of hydrogen-bond donors (Lipinski definition) is 0. The summed E-state index contributed by atoms with van der Waals surface area (Å²) in [6.07, 6.45) is 7.63. The van der Waals surface area contributed by atoms with Gasteiger partial charge in [0.25, 0.3) is 5.56 Å². The molecule has 49 heavy (non-hydrogen) atoms. The highest BCUT2D eigenvalue weighted by Gasteiger charge is 2.37. The van der Waals surface area contributed by atoms with Crippen LogP contribution in [-0.2, 0) is 28.7 Å². The maximum atomic E-state index is 14.1. The fourth-order valence-corrected chi connectivity index (χ4v) is 6.30. The Kier molecular flexibility index (Phi) is 14.3. The standard InChI is InChI=1S/C40H56F3NO5/c1-8-9-15-18-29-19-20-31(33(25-29)40(41,42)43)32-26-30-21-23-44(35(45)34(30)49-36(32)46)22-16-13-11-10-12-14-17-24-48-37(47)39(6,7)28(2)27-38(3,4)5/h19-21,23,25-26,28H,8-18,22,24,27H2,1-7H3. The average Bonchev–Trinajstić information content (AvgIpc) is 3.01. The van der Waals surface area contributed by atoms with Gasteiger partial charge in [0.1, 0.15) is 0 Å². The normalized spacial score (nSPS) is 13.2. The van der Waals surface area contributed by atoms with Crippen molar-refractivity contribution in [2.75, 3.05) is 6.61 Å². The summed E-state index contributed by atoms with van der Waals surface area (Å²) in [7, 11) is 0. The zero-order valence-corrected chi connectivity index (χ0v) is 30.6. The van der Waals surface area contributed by atoms with Gasteiger partial charge in [0.05, 0.1) is 23.1 Å². The van der Waals surface area contributed by atoms with Crippen LogP contribution in [0.1, 0.15) is 130 Å². The van der Waals surface area contributed by atoms with Crippen LogP contribution in [-0.4, -0.2) is 17.1 Å². The molecule has 6 nitrogen and oxygen atoms in total. The molecule has 0 aliphatic carbocycles. The van der Waals surface area contributed by atoms with Gasteiger partial charge >= 0.3 is 17.8 Å². The molecule has 0 amide bonds. The predicted octanol–water partition coefficient (Wildman–Crippen LogP) is 10.7. The molecule has 1 atom stereocenters. The Morgan fingerprint density at radius 2 is 1.51 bits per heavy atom. The minimum absolute atomic E-state index is 0.133. The summed E-state index contributed by atoms with van der Waals surface area (Å²) in [6, 6.07) is 6.99. The number of hydrogen-bond acceptors (Lipinski definition) is 5. The van der Waals surface area contributed by atoms with E-state index in [4.69, 9.17) is 9.15 Å². The third kappa shape index (κ3) is 11.6. The zero-order chi connectivity index (χ0) is 36.4. The number of unbranched alkanes of at least 4 members (excludes halogenated alkanes) is 8. The van der Waals surface area contributed by atoms with Crippen molar-refractivity contribution in [2.24, 2.45) is 16.7 Å². The molecule has 0 fully saturated rings. The van der Waals surface area contributed by atoms with Crippen LogP contribution in [0.4, 0.5) is 13.2 Å². The van der Waals surface area contributed by atoms with Crippen molar-refractivity contribution >= 4 is 16.9 Å². The van der Waals surface area contributed by atoms with E-state index in [0.717, 1.165) is 76.7 Å². The first-order chi connectivity index (χ1) is 23.0. The van der Waals surface area contributed by atoms with Crippen molar-refractivity contribution in [3.8, 4) is 11.1 Å². The van der Waals surface area contributed by atoms with Crippen molar-refractivity contribution in [1.29, 1.82) is 0 Å². The number of carbonyl (C=O) groups excluding carboxylic acids is 1. The number of rotatable bonds is 18. The Morgan fingerprint density at radius 3 is 2.14 bits per heavy atom. The molecule has 0 saturated heterocycles. The van der Waals surface area contributed by atoms with E-state index < -0.39 is 28.3 Å². The molecule has 3 rings (SSSR count). The largest absolute Gasteiger partial charge is 0.465 e. The summed E-state index contributed by atoms with van der Waals surface area (Å²) in [5.41, 5.74) is -2.76.